The van der Waals surface area contributed by atoms with Gasteiger partial charge in [-0.15, -0.1) is 0 Å². The first kappa shape index (κ1) is 9.32. The molecule has 2 aliphatic carbocycles. The number of hydrogen-bond donors (Lipinski definition) is 0. The van der Waals surface area contributed by atoms with E-state index in [9.17, 15) is 0 Å². The predicted molar refractivity (Wildman–Crippen MR) is 58.5 cm³/mol. The molecule has 1 unspecified atom stereocenters. The Kier molecular flexibility index (Phi) is 2.87. The Morgan fingerprint density at radius 2 is 2.36 bits per heavy atom. The lowest BCUT2D eigenvalue weighted by molar-refractivity contribution is 0.299. The molecular formula is C13H16O. The van der Waals surface area contributed by atoms with Crippen molar-refractivity contribution in [3.63, 3.8) is 0 Å². The SMILES string of the molecule is CC1C=CC(OC2=CC=CCC2)=CC1. The molecule has 0 N–H and O–H groups in total. The van der Waals surface area contributed by atoms with Crippen molar-refractivity contribution in [1.29, 1.82) is 0 Å². The molecule has 74 valence electrons. The molecule has 0 saturated heterocycles. The average molecular weight is 188 g/mol. The molecule has 0 heterocycles. The zero-order valence-corrected chi connectivity index (χ0v) is 8.57. The van der Waals surface area contributed by atoms with Crippen LogP contribution in [-0.4, -0.2) is 0 Å². The van der Waals surface area contributed by atoms with E-state index in [2.05, 4.69) is 43.4 Å². The lowest BCUT2D eigenvalue weighted by atomic mass is 10.0. The third kappa shape index (κ3) is 2.38. The molecule has 0 bridgehead atoms. The van der Waals surface area contributed by atoms with Gasteiger partial charge in [-0.25, -0.2) is 0 Å². The molecule has 0 spiro atoms. The number of hydrogen-bond acceptors (Lipinski definition) is 1. The number of allylic oxidation sites excluding steroid dienone is 7. The van der Waals surface area contributed by atoms with Gasteiger partial charge in [-0.3, -0.25) is 0 Å². The van der Waals surface area contributed by atoms with Crippen LogP contribution in [-0.2, 0) is 4.74 Å². The van der Waals surface area contributed by atoms with E-state index in [0.29, 0.717) is 5.92 Å². The van der Waals surface area contributed by atoms with E-state index in [0.717, 1.165) is 30.8 Å². The van der Waals surface area contributed by atoms with Crippen molar-refractivity contribution in [3.8, 4) is 0 Å². The molecule has 0 amide bonds. The summed E-state index contributed by atoms with van der Waals surface area (Å²) in [6.45, 7) is 2.21. The first-order valence-corrected chi connectivity index (χ1v) is 5.26. The Morgan fingerprint density at radius 1 is 1.43 bits per heavy atom. The molecule has 0 fully saturated rings. The highest BCUT2D eigenvalue weighted by Gasteiger charge is 2.07. The fraction of sp³-hybridized carbons (Fsp3) is 0.385. The standard InChI is InChI=1S/C13H16O/c1-11-7-9-13(10-8-11)14-12-5-3-2-4-6-12/h2-3,5,7,9-11H,4,6,8H2,1H3. The maximum Gasteiger partial charge on any atom is 0.122 e. The second-order valence-corrected chi connectivity index (χ2v) is 3.88. The summed E-state index contributed by atoms with van der Waals surface area (Å²) in [5.74, 6) is 2.74. The Bertz CT molecular complexity index is 318. The lowest BCUT2D eigenvalue weighted by Gasteiger charge is -2.15. The van der Waals surface area contributed by atoms with Gasteiger partial charge in [0.05, 0.1) is 0 Å². The van der Waals surface area contributed by atoms with Gasteiger partial charge in [0, 0.05) is 6.42 Å². The van der Waals surface area contributed by atoms with E-state index in [4.69, 9.17) is 4.74 Å². The van der Waals surface area contributed by atoms with E-state index in [-0.39, 0.29) is 0 Å². The monoisotopic (exact) mass is 188 g/mol. The van der Waals surface area contributed by atoms with Gasteiger partial charge in [-0.2, -0.15) is 0 Å². The molecule has 1 atom stereocenters. The fourth-order valence-electron chi connectivity index (χ4n) is 1.60. The number of rotatable bonds is 2. The van der Waals surface area contributed by atoms with Crippen molar-refractivity contribution < 1.29 is 4.74 Å². The third-order valence-electron chi connectivity index (χ3n) is 2.50. The summed E-state index contributed by atoms with van der Waals surface area (Å²) in [6, 6.07) is 0. The maximum atomic E-state index is 5.76. The largest absolute Gasteiger partial charge is 0.462 e. The summed E-state index contributed by atoms with van der Waals surface area (Å²) < 4.78 is 5.76. The molecular weight excluding hydrogens is 172 g/mol. The highest BCUT2D eigenvalue weighted by Crippen LogP contribution is 2.22. The summed E-state index contributed by atoms with van der Waals surface area (Å²) in [7, 11) is 0. The van der Waals surface area contributed by atoms with Crippen molar-refractivity contribution in [2.75, 3.05) is 0 Å². The van der Waals surface area contributed by atoms with Crippen molar-refractivity contribution in [1.82, 2.24) is 0 Å². The van der Waals surface area contributed by atoms with Gasteiger partial charge in [0.2, 0.25) is 0 Å². The van der Waals surface area contributed by atoms with Crippen LogP contribution in [0, 0.1) is 5.92 Å². The van der Waals surface area contributed by atoms with Crippen LogP contribution in [0.1, 0.15) is 26.2 Å². The van der Waals surface area contributed by atoms with E-state index in [1.165, 1.54) is 0 Å². The van der Waals surface area contributed by atoms with E-state index in [1.54, 1.807) is 0 Å². The molecule has 2 aliphatic rings. The normalized spacial score (nSPS) is 25.6. The van der Waals surface area contributed by atoms with Crippen LogP contribution < -0.4 is 0 Å². The van der Waals surface area contributed by atoms with Crippen LogP contribution in [0.25, 0.3) is 0 Å². The van der Waals surface area contributed by atoms with Gasteiger partial charge < -0.3 is 4.74 Å². The maximum absolute atomic E-state index is 5.76. The van der Waals surface area contributed by atoms with E-state index < -0.39 is 0 Å². The molecule has 0 aromatic heterocycles. The minimum atomic E-state index is 0.655. The zero-order chi connectivity index (χ0) is 9.80. The quantitative estimate of drug-likeness (QED) is 0.641. The van der Waals surface area contributed by atoms with Crippen molar-refractivity contribution in [2.24, 2.45) is 5.92 Å². The van der Waals surface area contributed by atoms with Gasteiger partial charge in [0.25, 0.3) is 0 Å². The summed E-state index contributed by atoms with van der Waals surface area (Å²) in [4.78, 5) is 0. The molecule has 0 radical (unpaired) electrons. The Balaban J connectivity index is 1.95. The van der Waals surface area contributed by atoms with E-state index in [1.807, 2.05) is 0 Å². The molecule has 2 rings (SSSR count). The van der Waals surface area contributed by atoms with Gasteiger partial charge in [0.1, 0.15) is 11.5 Å². The minimum absolute atomic E-state index is 0.655. The molecule has 14 heavy (non-hydrogen) atoms. The van der Waals surface area contributed by atoms with Crippen molar-refractivity contribution in [2.45, 2.75) is 26.2 Å². The molecule has 1 nitrogen and oxygen atoms in total. The molecule has 0 aromatic carbocycles. The van der Waals surface area contributed by atoms with Crippen LogP contribution >= 0.6 is 0 Å². The Labute approximate surface area is 85.5 Å². The topological polar surface area (TPSA) is 9.23 Å². The fourth-order valence-corrected chi connectivity index (χ4v) is 1.60. The highest BCUT2D eigenvalue weighted by atomic mass is 16.5. The minimum Gasteiger partial charge on any atom is -0.462 e. The summed E-state index contributed by atoms with van der Waals surface area (Å²) >= 11 is 0. The second-order valence-electron chi connectivity index (χ2n) is 3.88. The van der Waals surface area contributed by atoms with Crippen LogP contribution in [0.5, 0.6) is 0 Å². The Hall–Kier alpha value is -1.24. The Morgan fingerprint density at radius 3 is 3.00 bits per heavy atom. The average Bonchev–Trinajstić information content (AvgIpc) is 2.23. The first-order valence-electron chi connectivity index (χ1n) is 5.26. The summed E-state index contributed by atoms with van der Waals surface area (Å²) in [5, 5.41) is 0. The molecule has 1 heteroatoms. The van der Waals surface area contributed by atoms with E-state index >= 15 is 0 Å². The summed E-state index contributed by atoms with van der Waals surface area (Å²) in [6.07, 6.45) is 15.9. The van der Waals surface area contributed by atoms with Gasteiger partial charge in [-0.1, -0.05) is 25.2 Å². The highest BCUT2D eigenvalue weighted by molar-refractivity contribution is 5.22. The van der Waals surface area contributed by atoms with Crippen LogP contribution in [0.4, 0.5) is 0 Å². The predicted octanol–water partition coefficient (Wildman–Crippen LogP) is 3.72. The molecule has 0 aliphatic heterocycles. The zero-order valence-electron chi connectivity index (χ0n) is 8.57. The van der Waals surface area contributed by atoms with Crippen LogP contribution in [0.3, 0.4) is 0 Å². The smallest absolute Gasteiger partial charge is 0.122 e. The van der Waals surface area contributed by atoms with Crippen LogP contribution in [0.15, 0.2) is 48.0 Å². The van der Waals surface area contributed by atoms with Crippen LogP contribution in [0.2, 0.25) is 0 Å². The number of ether oxygens (including phenoxy) is 1. The first-order chi connectivity index (χ1) is 6.84. The summed E-state index contributed by atoms with van der Waals surface area (Å²) in [5.41, 5.74) is 0. The third-order valence-corrected chi connectivity index (χ3v) is 2.50. The van der Waals surface area contributed by atoms with Crippen molar-refractivity contribution in [3.05, 3.63) is 48.0 Å². The lowest BCUT2D eigenvalue weighted by Crippen LogP contribution is -1.99. The van der Waals surface area contributed by atoms with Gasteiger partial charge in [0.15, 0.2) is 0 Å². The van der Waals surface area contributed by atoms with Gasteiger partial charge >= 0.3 is 0 Å². The second kappa shape index (κ2) is 4.32. The molecule has 0 aromatic rings. The van der Waals surface area contributed by atoms with Gasteiger partial charge in [-0.05, 0) is 37.0 Å². The molecule has 0 saturated carbocycles. The van der Waals surface area contributed by atoms with Crippen molar-refractivity contribution >= 4 is 0 Å².